The number of hydrogen-bond donors (Lipinski definition) is 1. The van der Waals surface area contributed by atoms with Crippen molar-refractivity contribution in [2.45, 2.75) is 19.4 Å². The number of oxazole rings is 1. The Hall–Kier alpha value is -2.52. The molecule has 1 aromatic carbocycles. The average Bonchev–Trinajstić information content (AvgIpc) is 3.23. The Balaban J connectivity index is 2.10. The molecule has 29 heavy (non-hydrogen) atoms. The van der Waals surface area contributed by atoms with Gasteiger partial charge in [0.15, 0.2) is 0 Å². The Morgan fingerprint density at radius 3 is 2.76 bits per heavy atom. The van der Waals surface area contributed by atoms with Crippen molar-refractivity contribution in [3.8, 4) is 11.5 Å². The first-order chi connectivity index (χ1) is 13.9. The molecule has 0 amide bonds. The Bertz CT molecular complexity index is 1110. The third-order valence-electron chi connectivity index (χ3n) is 4.41. The van der Waals surface area contributed by atoms with E-state index >= 15 is 0 Å². The van der Waals surface area contributed by atoms with Crippen molar-refractivity contribution in [3.63, 3.8) is 0 Å². The van der Waals surface area contributed by atoms with Gasteiger partial charge in [-0.3, -0.25) is 4.79 Å². The lowest BCUT2D eigenvalue weighted by Crippen LogP contribution is -2.37. The molecule has 2 N–H and O–H groups in total. The van der Waals surface area contributed by atoms with Crippen LogP contribution in [0.15, 0.2) is 52.8 Å². The van der Waals surface area contributed by atoms with E-state index in [9.17, 15) is 13.2 Å². The van der Waals surface area contributed by atoms with Gasteiger partial charge in [-0.2, -0.15) is 8.42 Å². The number of carbonyl (C=O) groups excluding carboxylic acids is 1. The van der Waals surface area contributed by atoms with E-state index in [1.807, 2.05) is 6.92 Å². The Morgan fingerprint density at radius 1 is 1.34 bits per heavy atom. The summed E-state index contributed by atoms with van der Waals surface area (Å²) in [7, 11) is -2.61. The van der Waals surface area contributed by atoms with E-state index < -0.39 is 21.6 Å². The standard InChI is InChI=1S/C20H19ClN2O5S/c1-2-8-27-11-13-4-6-15(18(17(13)22)29(25)26)14-5-3-12(10-16(14)19(21)24)20-23-7-9-28-20/h3-7,9-10,17H,2,8,11,22H2,1H3. The van der Waals surface area contributed by atoms with Gasteiger partial charge in [0.1, 0.15) is 11.1 Å². The van der Waals surface area contributed by atoms with Crippen molar-refractivity contribution in [1.82, 2.24) is 4.98 Å². The molecular formula is C20H19ClN2O5S. The predicted octanol–water partition coefficient (Wildman–Crippen LogP) is 2.85. The molecule has 152 valence electrons. The molecule has 1 aliphatic carbocycles. The number of carbonyl (C=O) groups is 1. The first-order valence-electron chi connectivity index (χ1n) is 8.88. The maximum absolute atomic E-state index is 12.1. The zero-order chi connectivity index (χ0) is 21.0. The van der Waals surface area contributed by atoms with Crippen molar-refractivity contribution < 1.29 is 22.4 Å². The normalized spacial score (nSPS) is 16.4. The predicted molar refractivity (Wildman–Crippen MR) is 111 cm³/mol. The lowest BCUT2D eigenvalue weighted by molar-refractivity contribution is 0.108. The molecule has 0 aliphatic heterocycles. The summed E-state index contributed by atoms with van der Waals surface area (Å²) in [5, 5.41) is -0.736. The monoisotopic (exact) mass is 434 g/mol. The molecule has 1 atom stereocenters. The topological polar surface area (TPSA) is 112 Å². The quantitative estimate of drug-likeness (QED) is 0.405. The van der Waals surface area contributed by atoms with Gasteiger partial charge in [-0.05, 0) is 41.3 Å². The summed E-state index contributed by atoms with van der Waals surface area (Å²) in [5.41, 5.74) is 8.18. The van der Waals surface area contributed by atoms with Crippen molar-refractivity contribution in [1.29, 1.82) is 0 Å². The third-order valence-corrected chi connectivity index (χ3v) is 5.45. The number of allylic oxidation sites excluding steroid dienone is 2. The Kier molecular flexibility index (Phi) is 6.81. The van der Waals surface area contributed by atoms with Gasteiger partial charge in [-0.25, -0.2) is 4.98 Å². The van der Waals surface area contributed by atoms with E-state index in [-0.39, 0.29) is 17.0 Å². The summed E-state index contributed by atoms with van der Waals surface area (Å²) in [6, 6.07) is 3.91. The van der Waals surface area contributed by atoms with Crippen LogP contribution < -0.4 is 5.73 Å². The number of rotatable bonds is 7. The van der Waals surface area contributed by atoms with Gasteiger partial charge in [-0.1, -0.05) is 25.1 Å². The van der Waals surface area contributed by atoms with Crippen LogP contribution in [0.3, 0.4) is 0 Å². The molecule has 1 heterocycles. The number of aromatic nitrogens is 1. The molecule has 0 saturated heterocycles. The number of benzene rings is 1. The van der Waals surface area contributed by atoms with Crippen LogP contribution in [0.1, 0.15) is 29.3 Å². The maximum atomic E-state index is 12.1. The number of ether oxygens (including phenoxy) is 1. The van der Waals surface area contributed by atoms with E-state index in [1.165, 1.54) is 18.5 Å². The lowest BCUT2D eigenvalue weighted by atomic mass is 9.87. The second kappa shape index (κ2) is 9.32. The average molecular weight is 435 g/mol. The molecule has 9 heteroatoms. The second-order valence-electron chi connectivity index (χ2n) is 6.32. The van der Waals surface area contributed by atoms with E-state index in [2.05, 4.69) is 4.98 Å². The Labute approximate surface area is 174 Å². The molecule has 3 rings (SSSR count). The summed E-state index contributed by atoms with van der Waals surface area (Å²) >= 11 is 5.79. The molecule has 1 aliphatic rings. The molecule has 7 nitrogen and oxygen atoms in total. The van der Waals surface area contributed by atoms with Crippen LogP contribution in [0.25, 0.3) is 17.0 Å². The summed E-state index contributed by atoms with van der Waals surface area (Å²) in [6.07, 6.45) is 7.06. The number of halogens is 1. The molecule has 0 fully saturated rings. The minimum Gasteiger partial charge on any atom is -0.445 e. The van der Waals surface area contributed by atoms with Gasteiger partial charge < -0.3 is 14.9 Å². The minimum absolute atomic E-state index is 0.0226. The molecule has 1 aromatic heterocycles. The van der Waals surface area contributed by atoms with Crippen LogP contribution in [0, 0.1) is 0 Å². The van der Waals surface area contributed by atoms with E-state index in [4.69, 9.17) is 26.5 Å². The van der Waals surface area contributed by atoms with Crippen LogP contribution in [0.2, 0.25) is 0 Å². The van der Waals surface area contributed by atoms with Gasteiger partial charge in [0.05, 0.1) is 18.8 Å². The highest BCUT2D eigenvalue weighted by molar-refractivity contribution is 7.74. The smallest absolute Gasteiger partial charge is 0.253 e. The molecule has 1 unspecified atom stereocenters. The van der Waals surface area contributed by atoms with E-state index in [0.717, 1.165) is 6.42 Å². The Morgan fingerprint density at radius 2 is 2.14 bits per heavy atom. The molecule has 0 radical (unpaired) electrons. The first kappa shape index (κ1) is 21.2. The zero-order valence-corrected chi connectivity index (χ0v) is 17.2. The SMILES string of the molecule is CCCOCC1=CC=C(c2ccc(-c3ncco3)cc2C(=O)Cl)C(=S(=O)=O)C1N. The molecule has 0 spiro atoms. The highest BCUT2D eigenvalue weighted by atomic mass is 35.5. The lowest BCUT2D eigenvalue weighted by Gasteiger charge is -2.23. The van der Waals surface area contributed by atoms with Crippen LogP contribution in [-0.4, -0.2) is 42.8 Å². The number of nitrogens with zero attached hydrogens (tertiary/aromatic N) is 1. The molecule has 0 bridgehead atoms. The zero-order valence-electron chi connectivity index (χ0n) is 15.6. The fourth-order valence-electron chi connectivity index (χ4n) is 3.04. The van der Waals surface area contributed by atoms with Gasteiger partial charge in [0.2, 0.25) is 16.2 Å². The molecular weight excluding hydrogens is 416 g/mol. The number of hydrogen-bond acceptors (Lipinski definition) is 7. The fourth-order valence-corrected chi connectivity index (χ4v) is 3.91. The van der Waals surface area contributed by atoms with Crippen molar-refractivity contribution >= 4 is 37.6 Å². The summed E-state index contributed by atoms with van der Waals surface area (Å²) < 4.78 is 34.7. The molecule has 0 saturated carbocycles. The van der Waals surface area contributed by atoms with E-state index in [1.54, 1.807) is 24.3 Å². The first-order valence-corrected chi connectivity index (χ1v) is 10.3. The minimum atomic E-state index is -2.61. The maximum Gasteiger partial charge on any atom is 0.253 e. The second-order valence-corrected chi connectivity index (χ2v) is 7.57. The van der Waals surface area contributed by atoms with Crippen LogP contribution in [-0.2, 0) is 15.0 Å². The van der Waals surface area contributed by atoms with E-state index in [0.29, 0.717) is 34.8 Å². The largest absolute Gasteiger partial charge is 0.445 e. The van der Waals surface area contributed by atoms with Crippen molar-refractivity contribution in [2.24, 2.45) is 5.73 Å². The van der Waals surface area contributed by atoms with Crippen LogP contribution in [0.4, 0.5) is 0 Å². The van der Waals surface area contributed by atoms with Crippen LogP contribution >= 0.6 is 11.6 Å². The number of nitrogens with two attached hydrogens (primary N) is 1. The van der Waals surface area contributed by atoms with Gasteiger partial charge in [-0.15, -0.1) is 0 Å². The summed E-state index contributed by atoms with van der Waals surface area (Å²) in [4.78, 5) is 16.1. The molecule has 2 aromatic rings. The van der Waals surface area contributed by atoms with Crippen LogP contribution in [0.5, 0.6) is 0 Å². The summed E-state index contributed by atoms with van der Waals surface area (Å²) in [6.45, 7) is 2.75. The van der Waals surface area contributed by atoms with Crippen molar-refractivity contribution in [2.75, 3.05) is 13.2 Å². The third kappa shape index (κ3) is 4.56. The highest BCUT2D eigenvalue weighted by Gasteiger charge is 2.28. The summed E-state index contributed by atoms with van der Waals surface area (Å²) in [5.74, 6) is 0.317. The van der Waals surface area contributed by atoms with Gasteiger partial charge >= 0.3 is 0 Å². The highest BCUT2D eigenvalue weighted by Crippen LogP contribution is 2.31. The van der Waals surface area contributed by atoms with Gasteiger partial charge in [0.25, 0.3) is 5.24 Å². The van der Waals surface area contributed by atoms with Gasteiger partial charge in [0, 0.05) is 23.3 Å². The van der Waals surface area contributed by atoms with Crippen molar-refractivity contribution in [3.05, 3.63) is 59.5 Å². The fraction of sp³-hybridized carbons (Fsp3) is 0.250.